The smallest absolute Gasteiger partial charge is 0.433 e. The molecule has 0 aliphatic rings. The molecule has 0 saturated heterocycles. The maximum absolute atomic E-state index is 13.2. The first kappa shape index (κ1) is 20.9. The number of carbonyl (C=O) groups is 1. The number of pyridine rings is 2. The molecule has 158 valence electrons. The molecule has 0 spiro atoms. The second-order valence-electron chi connectivity index (χ2n) is 6.66. The number of aromatic nitrogens is 2. The lowest BCUT2D eigenvalue weighted by molar-refractivity contribution is -0.141. The van der Waals surface area contributed by atoms with Gasteiger partial charge in [0.2, 0.25) is 0 Å². The zero-order chi connectivity index (χ0) is 22.0. The van der Waals surface area contributed by atoms with Crippen LogP contribution in [0, 0.1) is 0 Å². The average Bonchev–Trinajstić information content (AvgIpc) is 2.76. The number of fused-ring (bicyclic) bond motifs is 2. The van der Waals surface area contributed by atoms with Crippen LogP contribution in [0.4, 0.5) is 13.2 Å². The van der Waals surface area contributed by atoms with Crippen LogP contribution in [0.3, 0.4) is 0 Å². The Balaban J connectivity index is 1.46. The maximum Gasteiger partial charge on any atom is 0.433 e. The van der Waals surface area contributed by atoms with E-state index in [-0.39, 0.29) is 23.4 Å². The summed E-state index contributed by atoms with van der Waals surface area (Å²) >= 11 is 1.19. The van der Waals surface area contributed by atoms with Crippen LogP contribution in [0.15, 0.2) is 65.7 Å². The monoisotopic (exact) mass is 443 g/mol. The summed E-state index contributed by atoms with van der Waals surface area (Å²) in [6, 6.07) is 14.3. The van der Waals surface area contributed by atoms with E-state index >= 15 is 0 Å². The number of alkyl halides is 3. The average molecular weight is 443 g/mol. The van der Waals surface area contributed by atoms with Gasteiger partial charge >= 0.3 is 6.18 Å². The summed E-state index contributed by atoms with van der Waals surface area (Å²) in [6.45, 7) is 0.196. The molecule has 2 N–H and O–H groups in total. The molecule has 0 atom stereocenters. The van der Waals surface area contributed by atoms with Crippen LogP contribution < -0.4 is 5.32 Å². The van der Waals surface area contributed by atoms with Gasteiger partial charge in [0.25, 0.3) is 5.91 Å². The van der Waals surface area contributed by atoms with Gasteiger partial charge in [-0.25, -0.2) is 4.98 Å². The third-order valence-electron chi connectivity index (χ3n) is 4.61. The number of hydrogen-bond donors (Lipinski definition) is 2. The van der Waals surface area contributed by atoms with E-state index in [0.717, 1.165) is 6.07 Å². The van der Waals surface area contributed by atoms with Crippen molar-refractivity contribution in [2.24, 2.45) is 0 Å². The molecule has 9 heteroatoms. The van der Waals surface area contributed by atoms with E-state index < -0.39 is 17.8 Å². The number of carbonyl (C=O) groups excluding carboxylic acids is 1. The number of amides is 1. The molecule has 4 aromatic rings. The topological polar surface area (TPSA) is 75.1 Å². The molecule has 2 aromatic carbocycles. The van der Waals surface area contributed by atoms with Crippen LogP contribution in [-0.2, 0) is 6.18 Å². The molecule has 4 rings (SSSR count). The Kier molecular flexibility index (Phi) is 5.69. The molecule has 0 bridgehead atoms. The van der Waals surface area contributed by atoms with Gasteiger partial charge in [-0.15, -0.1) is 11.8 Å². The number of thioether (sulfide) groups is 1. The Hall–Kier alpha value is -3.33. The Morgan fingerprint density at radius 1 is 1.10 bits per heavy atom. The van der Waals surface area contributed by atoms with Gasteiger partial charge in [0.15, 0.2) is 5.75 Å². The molecule has 0 fully saturated rings. The lowest BCUT2D eigenvalue weighted by Crippen LogP contribution is -2.25. The van der Waals surface area contributed by atoms with Crippen molar-refractivity contribution in [3.63, 3.8) is 0 Å². The summed E-state index contributed by atoms with van der Waals surface area (Å²) in [7, 11) is 0. The van der Waals surface area contributed by atoms with Gasteiger partial charge in [-0.3, -0.25) is 9.78 Å². The fourth-order valence-electron chi connectivity index (χ4n) is 3.14. The lowest BCUT2D eigenvalue weighted by atomic mass is 10.1. The number of phenols is 1. The molecule has 0 aliphatic carbocycles. The molecule has 31 heavy (non-hydrogen) atoms. The second-order valence-corrected chi connectivity index (χ2v) is 7.80. The fraction of sp³-hybridized carbons (Fsp3) is 0.136. The third kappa shape index (κ3) is 4.41. The van der Waals surface area contributed by atoms with E-state index in [1.54, 1.807) is 36.4 Å². The van der Waals surface area contributed by atoms with Gasteiger partial charge in [0.1, 0.15) is 11.2 Å². The van der Waals surface area contributed by atoms with Crippen LogP contribution in [0.2, 0.25) is 0 Å². The molecule has 0 radical (unpaired) electrons. The van der Waals surface area contributed by atoms with Crippen molar-refractivity contribution in [3.8, 4) is 5.75 Å². The zero-order valence-corrected chi connectivity index (χ0v) is 16.8. The van der Waals surface area contributed by atoms with Gasteiger partial charge < -0.3 is 10.4 Å². The van der Waals surface area contributed by atoms with Crippen LogP contribution in [-0.4, -0.2) is 33.3 Å². The first-order chi connectivity index (χ1) is 14.8. The second kappa shape index (κ2) is 8.43. The predicted octanol–water partition coefficient (Wildman–Crippen LogP) is 5.03. The van der Waals surface area contributed by atoms with Gasteiger partial charge in [-0.1, -0.05) is 30.3 Å². The van der Waals surface area contributed by atoms with Gasteiger partial charge in [0, 0.05) is 34.2 Å². The van der Waals surface area contributed by atoms with E-state index in [0.29, 0.717) is 26.9 Å². The maximum atomic E-state index is 13.2. The van der Waals surface area contributed by atoms with Crippen molar-refractivity contribution in [3.05, 3.63) is 72.1 Å². The van der Waals surface area contributed by atoms with Crippen molar-refractivity contribution >= 4 is 39.5 Å². The fourth-order valence-corrected chi connectivity index (χ4v) is 4.09. The SMILES string of the molecule is O=C(NCCSc1cc(C(F)(F)F)nc2ccccc12)c1ccc2cccnc2c1O. The first-order valence-electron chi connectivity index (χ1n) is 9.29. The van der Waals surface area contributed by atoms with Crippen LogP contribution in [0.25, 0.3) is 21.8 Å². The Labute approximate surface area is 179 Å². The predicted molar refractivity (Wildman–Crippen MR) is 113 cm³/mol. The molecule has 0 aliphatic heterocycles. The molecular weight excluding hydrogens is 427 g/mol. The third-order valence-corrected chi connectivity index (χ3v) is 5.66. The van der Waals surface area contributed by atoms with Crippen molar-refractivity contribution in [1.82, 2.24) is 15.3 Å². The van der Waals surface area contributed by atoms with E-state index in [2.05, 4.69) is 15.3 Å². The molecule has 5 nitrogen and oxygen atoms in total. The number of halogens is 3. The summed E-state index contributed by atoms with van der Waals surface area (Å²) in [5, 5.41) is 14.3. The largest absolute Gasteiger partial charge is 0.505 e. The van der Waals surface area contributed by atoms with Crippen molar-refractivity contribution in [2.75, 3.05) is 12.3 Å². The quantitative estimate of drug-likeness (QED) is 0.334. The molecule has 0 unspecified atom stereocenters. The molecule has 2 heterocycles. The van der Waals surface area contributed by atoms with Gasteiger partial charge in [-0.05, 0) is 24.3 Å². The molecule has 1 amide bonds. The Morgan fingerprint density at radius 2 is 1.90 bits per heavy atom. The first-order valence-corrected chi connectivity index (χ1v) is 10.3. The van der Waals surface area contributed by atoms with Crippen LogP contribution in [0.5, 0.6) is 5.75 Å². The number of rotatable bonds is 5. The van der Waals surface area contributed by atoms with Gasteiger partial charge in [-0.2, -0.15) is 13.2 Å². The standard InChI is InChI=1S/C22H16F3N3O2S/c23-22(24,25)18-12-17(14-5-1-2-6-16(14)28-18)31-11-10-27-21(30)15-8-7-13-4-3-9-26-19(13)20(15)29/h1-9,12,29H,10-11H2,(H,27,30). The van der Waals surface area contributed by atoms with Crippen LogP contribution >= 0.6 is 11.8 Å². The highest BCUT2D eigenvalue weighted by atomic mass is 32.2. The highest BCUT2D eigenvalue weighted by Crippen LogP contribution is 2.34. The van der Waals surface area contributed by atoms with E-state index in [1.807, 2.05) is 0 Å². The zero-order valence-electron chi connectivity index (χ0n) is 16.0. The summed E-state index contributed by atoms with van der Waals surface area (Å²) in [4.78, 5) is 20.7. The number of aromatic hydroxyl groups is 1. The Bertz CT molecular complexity index is 1280. The van der Waals surface area contributed by atoms with Gasteiger partial charge in [0.05, 0.1) is 11.1 Å². The minimum atomic E-state index is -4.55. The number of nitrogens with one attached hydrogen (secondary N) is 1. The number of hydrogen-bond acceptors (Lipinski definition) is 5. The Morgan fingerprint density at radius 3 is 2.71 bits per heavy atom. The number of nitrogens with zero attached hydrogens (tertiary/aromatic N) is 2. The number of benzene rings is 2. The highest BCUT2D eigenvalue weighted by Gasteiger charge is 2.33. The normalized spacial score (nSPS) is 11.7. The molecule has 0 saturated carbocycles. The minimum absolute atomic E-state index is 0.0879. The summed E-state index contributed by atoms with van der Waals surface area (Å²) < 4.78 is 39.5. The van der Waals surface area contributed by atoms with Crippen molar-refractivity contribution in [1.29, 1.82) is 0 Å². The minimum Gasteiger partial charge on any atom is -0.505 e. The van der Waals surface area contributed by atoms with Crippen molar-refractivity contribution < 1.29 is 23.1 Å². The van der Waals surface area contributed by atoms with Crippen molar-refractivity contribution in [2.45, 2.75) is 11.1 Å². The van der Waals surface area contributed by atoms with Crippen LogP contribution in [0.1, 0.15) is 16.1 Å². The van der Waals surface area contributed by atoms with E-state index in [1.165, 1.54) is 30.1 Å². The number of para-hydroxylation sites is 1. The lowest BCUT2D eigenvalue weighted by Gasteiger charge is -2.12. The highest BCUT2D eigenvalue weighted by molar-refractivity contribution is 7.99. The summed E-state index contributed by atoms with van der Waals surface area (Å²) in [5.74, 6) is -0.358. The molecule has 2 aromatic heterocycles. The number of phenolic OH excluding ortho intramolecular Hbond substituents is 1. The molecular formula is C22H16F3N3O2S. The summed E-state index contributed by atoms with van der Waals surface area (Å²) in [5.41, 5.74) is -0.277. The van der Waals surface area contributed by atoms with E-state index in [4.69, 9.17) is 0 Å². The summed E-state index contributed by atoms with van der Waals surface area (Å²) in [6.07, 6.45) is -3.02. The van der Waals surface area contributed by atoms with E-state index in [9.17, 15) is 23.1 Å².